The zero-order valence-electron chi connectivity index (χ0n) is 14.0. The van der Waals surface area contributed by atoms with Crippen molar-refractivity contribution < 1.29 is 4.79 Å². The highest BCUT2D eigenvalue weighted by Crippen LogP contribution is 2.02. The van der Waals surface area contributed by atoms with Gasteiger partial charge in [-0.2, -0.15) is 0 Å². The largest absolute Gasteiger partial charge is 0.331 e. The number of nitrogens with one attached hydrogen (secondary N) is 2. The van der Waals surface area contributed by atoms with Gasteiger partial charge in [-0.15, -0.1) is 0 Å². The van der Waals surface area contributed by atoms with Gasteiger partial charge in [-0.3, -0.25) is 29.6 Å². The predicted octanol–water partition coefficient (Wildman–Crippen LogP) is 1.20. The Labute approximate surface area is 149 Å². The number of anilines is 1. The van der Waals surface area contributed by atoms with Gasteiger partial charge in [-0.05, 0) is 17.7 Å². The molecule has 7 nitrogen and oxygen atoms in total. The van der Waals surface area contributed by atoms with E-state index >= 15 is 0 Å². The van der Waals surface area contributed by atoms with Crippen LogP contribution in [0.1, 0.15) is 5.56 Å². The van der Waals surface area contributed by atoms with Gasteiger partial charge in [-0.1, -0.05) is 48.5 Å². The van der Waals surface area contributed by atoms with Crippen molar-refractivity contribution in [1.29, 1.82) is 0 Å². The van der Waals surface area contributed by atoms with Crippen molar-refractivity contribution in [1.82, 2.24) is 14.6 Å². The topological polar surface area (TPSA) is 85.1 Å². The number of para-hydroxylation sites is 1. The molecular formula is C19H18N4O3. The molecule has 3 rings (SSSR count). The molecule has 2 N–H and O–H groups in total. The summed E-state index contributed by atoms with van der Waals surface area (Å²) in [5, 5.41) is 0. The molecule has 2 aromatic carbocycles. The van der Waals surface area contributed by atoms with E-state index in [4.69, 9.17) is 0 Å². The Balaban J connectivity index is 1.73. The van der Waals surface area contributed by atoms with Crippen LogP contribution < -0.4 is 22.1 Å². The maximum absolute atomic E-state index is 12.5. The first-order valence-electron chi connectivity index (χ1n) is 8.07. The summed E-state index contributed by atoms with van der Waals surface area (Å²) in [4.78, 5) is 36.6. The molecule has 0 aliphatic carbocycles. The van der Waals surface area contributed by atoms with E-state index in [9.17, 15) is 14.4 Å². The third kappa shape index (κ3) is 4.27. The van der Waals surface area contributed by atoms with Crippen molar-refractivity contribution in [2.24, 2.45) is 0 Å². The molecule has 1 aromatic heterocycles. The Kier molecular flexibility index (Phi) is 5.28. The summed E-state index contributed by atoms with van der Waals surface area (Å²) in [6.07, 6.45) is 1.44. The van der Waals surface area contributed by atoms with E-state index in [1.54, 1.807) is 12.1 Å². The van der Waals surface area contributed by atoms with Gasteiger partial charge in [0.05, 0.1) is 12.2 Å². The van der Waals surface area contributed by atoms with Crippen LogP contribution in [0.25, 0.3) is 0 Å². The molecule has 7 heteroatoms. The number of benzene rings is 2. The van der Waals surface area contributed by atoms with Crippen molar-refractivity contribution in [2.75, 3.05) is 5.43 Å². The lowest BCUT2D eigenvalue weighted by Crippen LogP contribution is -2.44. The summed E-state index contributed by atoms with van der Waals surface area (Å²) in [6.45, 7) is -0.0447. The van der Waals surface area contributed by atoms with Crippen molar-refractivity contribution >= 4 is 11.6 Å². The minimum absolute atomic E-state index is 0.323. The lowest BCUT2D eigenvalue weighted by Gasteiger charge is -2.11. The van der Waals surface area contributed by atoms with Crippen LogP contribution in [0.2, 0.25) is 0 Å². The molecule has 132 valence electrons. The highest BCUT2D eigenvalue weighted by atomic mass is 16.2. The van der Waals surface area contributed by atoms with Gasteiger partial charge in [0.25, 0.3) is 11.5 Å². The Morgan fingerprint density at radius 2 is 1.54 bits per heavy atom. The van der Waals surface area contributed by atoms with Crippen molar-refractivity contribution in [2.45, 2.75) is 13.1 Å². The number of rotatable bonds is 6. The van der Waals surface area contributed by atoms with Crippen LogP contribution in [0.4, 0.5) is 5.69 Å². The lowest BCUT2D eigenvalue weighted by molar-refractivity contribution is -0.121. The Morgan fingerprint density at radius 3 is 2.23 bits per heavy atom. The molecule has 26 heavy (non-hydrogen) atoms. The maximum Gasteiger partial charge on any atom is 0.331 e. The molecule has 0 aliphatic rings. The standard InChI is InChI=1S/C19H18N4O3/c24-17(21-20-16-9-5-2-6-10-16)14-23-18(25)11-12-22(19(23)26)13-15-7-3-1-4-8-15/h1-12,20H,13-14H2,(H,21,24). The lowest BCUT2D eigenvalue weighted by atomic mass is 10.2. The molecule has 0 unspecified atom stereocenters. The minimum Gasteiger partial charge on any atom is -0.299 e. The van der Waals surface area contributed by atoms with Gasteiger partial charge in [0.1, 0.15) is 6.54 Å². The normalized spacial score (nSPS) is 10.3. The van der Waals surface area contributed by atoms with Gasteiger partial charge in [0.15, 0.2) is 0 Å². The Bertz CT molecular complexity index is 995. The number of hydrazine groups is 1. The van der Waals surface area contributed by atoms with Crippen molar-refractivity contribution in [3.63, 3.8) is 0 Å². The molecule has 0 bridgehead atoms. The van der Waals surface area contributed by atoms with E-state index in [0.717, 1.165) is 10.1 Å². The first kappa shape index (κ1) is 17.2. The van der Waals surface area contributed by atoms with E-state index < -0.39 is 17.2 Å². The molecule has 0 atom stereocenters. The molecule has 0 fully saturated rings. The molecule has 0 spiro atoms. The Morgan fingerprint density at radius 1 is 0.885 bits per heavy atom. The van der Waals surface area contributed by atoms with Crippen LogP contribution >= 0.6 is 0 Å². The fourth-order valence-corrected chi connectivity index (χ4v) is 2.45. The summed E-state index contributed by atoms with van der Waals surface area (Å²) >= 11 is 0. The van der Waals surface area contributed by atoms with Crippen molar-refractivity contribution in [3.8, 4) is 0 Å². The van der Waals surface area contributed by atoms with Crippen LogP contribution in [0.15, 0.2) is 82.5 Å². The first-order chi connectivity index (χ1) is 12.6. The minimum atomic E-state index is -0.531. The number of carbonyl (C=O) groups excluding carboxylic acids is 1. The van der Waals surface area contributed by atoms with E-state index in [1.807, 2.05) is 48.5 Å². The molecule has 1 amide bonds. The van der Waals surface area contributed by atoms with E-state index in [2.05, 4.69) is 10.9 Å². The number of aromatic nitrogens is 2. The number of carbonyl (C=O) groups is 1. The highest BCUT2D eigenvalue weighted by molar-refractivity contribution is 5.77. The highest BCUT2D eigenvalue weighted by Gasteiger charge is 2.10. The molecule has 0 saturated carbocycles. The second-order valence-electron chi connectivity index (χ2n) is 5.68. The summed E-state index contributed by atoms with van der Waals surface area (Å²) in [5.41, 5.74) is 5.78. The quantitative estimate of drug-likeness (QED) is 0.654. The number of amides is 1. The van der Waals surface area contributed by atoms with Crippen molar-refractivity contribution in [3.05, 3.63) is 99.3 Å². The first-order valence-corrected chi connectivity index (χ1v) is 8.07. The number of nitrogens with zero attached hydrogens (tertiary/aromatic N) is 2. The zero-order valence-corrected chi connectivity index (χ0v) is 14.0. The van der Waals surface area contributed by atoms with Gasteiger partial charge < -0.3 is 0 Å². The summed E-state index contributed by atoms with van der Waals surface area (Å²) in [6, 6.07) is 19.7. The zero-order chi connectivity index (χ0) is 18.4. The smallest absolute Gasteiger partial charge is 0.299 e. The van der Waals surface area contributed by atoms with Crippen LogP contribution in [0.5, 0.6) is 0 Å². The average Bonchev–Trinajstić information content (AvgIpc) is 2.67. The van der Waals surface area contributed by atoms with Gasteiger partial charge in [-0.25, -0.2) is 4.79 Å². The van der Waals surface area contributed by atoms with E-state index in [1.165, 1.54) is 16.8 Å². The fourth-order valence-electron chi connectivity index (χ4n) is 2.45. The van der Waals surface area contributed by atoms with E-state index in [0.29, 0.717) is 12.2 Å². The van der Waals surface area contributed by atoms with Crippen LogP contribution in [0, 0.1) is 0 Å². The monoisotopic (exact) mass is 350 g/mol. The SMILES string of the molecule is O=C(Cn1c(=O)ccn(Cc2ccccc2)c1=O)NNc1ccccc1. The van der Waals surface area contributed by atoms with Gasteiger partial charge in [0.2, 0.25) is 0 Å². The van der Waals surface area contributed by atoms with Crippen LogP contribution in [-0.2, 0) is 17.9 Å². The molecule has 0 radical (unpaired) electrons. The van der Waals surface area contributed by atoms with Crippen LogP contribution in [-0.4, -0.2) is 15.0 Å². The number of hydrogen-bond donors (Lipinski definition) is 2. The molecule has 0 aliphatic heterocycles. The average molecular weight is 350 g/mol. The third-order valence-electron chi connectivity index (χ3n) is 3.76. The van der Waals surface area contributed by atoms with Gasteiger partial charge >= 0.3 is 5.69 Å². The Hall–Kier alpha value is -3.61. The second kappa shape index (κ2) is 7.98. The van der Waals surface area contributed by atoms with Crippen LogP contribution in [0.3, 0.4) is 0 Å². The fraction of sp³-hybridized carbons (Fsp3) is 0.105. The molecule has 3 aromatic rings. The number of hydrogen-bond acceptors (Lipinski definition) is 4. The molecule has 1 heterocycles. The summed E-state index contributed by atoms with van der Waals surface area (Å²) in [5.74, 6) is -0.495. The predicted molar refractivity (Wildman–Crippen MR) is 98.7 cm³/mol. The maximum atomic E-state index is 12.5. The molecule has 0 saturated heterocycles. The summed E-state index contributed by atoms with van der Waals surface area (Å²) < 4.78 is 2.31. The summed E-state index contributed by atoms with van der Waals surface area (Å²) in [7, 11) is 0. The van der Waals surface area contributed by atoms with Gasteiger partial charge in [0, 0.05) is 12.3 Å². The molecular weight excluding hydrogens is 332 g/mol. The third-order valence-corrected chi connectivity index (χ3v) is 3.76. The second-order valence-corrected chi connectivity index (χ2v) is 5.68. The van der Waals surface area contributed by atoms with E-state index in [-0.39, 0.29) is 6.54 Å².